The third kappa shape index (κ3) is 2.85. The first-order valence-electron chi connectivity index (χ1n) is 3.93. The Bertz CT molecular complexity index is 354. The first kappa shape index (κ1) is 10.7. The van der Waals surface area contributed by atoms with Crippen molar-refractivity contribution in [1.29, 1.82) is 0 Å². The summed E-state index contributed by atoms with van der Waals surface area (Å²) in [7, 11) is 0. The Balaban J connectivity index is 2.85. The molecule has 0 saturated carbocycles. The molecule has 0 aliphatic carbocycles. The van der Waals surface area contributed by atoms with Crippen LogP contribution in [0.3, 0.4) is 0 Å². The SMILES string of the molecule is O=C(O)CC=Cc1c(F)cccc1Cl. The van der Waals surface area contributed by atoms with Crippen molar-refractivity contribution < 1.29 is 14.3 Å². The number of carboxylic acid groups (broad SMARTS) is 1. The number of carboxylic acids is 1. The largest absolute Gasteiger partial charge is 0.481 e. The summed E-state index contributed by atoms with van der Waals surface area (Å²) in [5.41, 5.74) is 0.218. The fraction of sp³-hybridized carbons (Fsp3) is 0.100. The standard InChI is InChI=1S/C10H8ClFO2/c11-8-4-2-5-9(12)7(8)3-1-6-10(13)14/h1-5H,6H2,(H,13,14). The summed E-state index contributed by atoms with van der Waals surface area (Å²) in [4.78, 5) is 10.2. The van der Waals surface area contributed by atoms with E-state index in [9.17, 15) is 9.18 Å². The Morgan fingerprint density at radius 1 is 1.57 bits per heavy atom. The minimum Gasteiger partial charge on any atom is -0.481 e. The van der Waals surface area contributed by atoms with Crippen molar-refractivity contribution in [3.8, 4) is 0 Å². The van der Waals surface area contributed by atoms with E-state index < -0.39 is 11.8 Å². The van der Waals surface area contributed by atoms with Crippen molar-refractivity contribution in [2.45, 2.75) is 6.42 Å². The summed E-state index contributed by atoms with van der Waals surface area (Å²) >= 11 is 5.71. The smallest absolute Gasteiger partial charge is 0.307 e. The van der Waals surface area contributed by atoms with Gasteiger partial charge in [0.25, 0.3) is 0 Å². The molecule has 0 fully saturated rings. The lowest BCUT2D eigenvalue weighted by atomic mass is 10.2. The molecule has 0 bridgehead atoms. The molecule has 74 valence electrons. The van der Waals surface area contributed by atoms with Crippen LogP contribution in [-0.4, -0.2) is 11.1 Å². The van der Waals surface area contributed by atoms with Crippen LogP contribution in [0, 0.1) is 5.82 Å². The van der Waals surface area contributed by atoms with Crippen LogP contribution in [0.2, 0.25) is 5.02 Å². The van der Waals surface area contributed by atoms with Gasteiger partial charge in [0.1, 0.15) is 5.82 Å². The van der Waals surface area contributed by atoms with E-state index in [1.54, 1.807) is 6.07 Å². The predicted octanol–water partition coefficient (Wildman–Crippen LogP) is 2.97. The van der Waals surface area contributed by atoms with Gasteiger partial charge in [-0.3, -0.25) is 4.79 Å². The van der Waals surface area contributed by atoms with Crippen LogP contribution in [0.25, 0.3) is 6.08 Å². The topological polar surface area (TPSA) is 37.3 Å². The van der Waals surface area contributed by atoms with Crippen LogP contribution >= 0.6 is 11.6 Å². The molecule has 0 radical (unpaired) electrons. The molecule has 4 heteroatoms. The molecule has 0 saturated heterocycles. The van der Waals surface area contributed by atoms with Gasteiger partial charge in [0.05, 0.1) is 11.4 Å². The maximum Gasteiger partial charge on any atom is 0.307 e. The first-order valence-corrected chi connectivity index (χ1v) is 4.31. The van der Waals surface area contributed by atoms with Gasteiger partial charge in [-0.25, -0.2) is 4.39 Å². The molecule has 2 nitrogen and oxygen atoms in total. The molecule has 0 heterocycles. The Hall–Kier alpha value is -1.35. The van der Waals surface area contributed by atoms with Gasteiger partial charge in [-0.2, -0.15) is 0 Å². The number of benzene rings is 1. The normalized spacial score (nSPS) is 10.7. The van der Waals surface area contributed by atoms with Gasteiger partial charge in [-0.15, -0.1) is 0 Å². The zero-order valence-electron chi connectivity index (χ0n) is 7.21. The van der Waals surface area contributed by atoms with Crippen molar-refractivity contribution in [3.05, 3.63) is 40.7 Å². The minimum absolute atomic E-state index is 0.148. The van der Waals surface area contributed by atoms with E-state index in [1.165, 1.54) is 24.3 Å². The van der Waals surface area contributed by atoms with E-state index in [-0.39, 0.29) is 17.0 Å². The monoisotopic (exact) mass is 214 g/mol. The Labute approximate surface area is 85.6 Å². The van der Waals surface area contributed by atoms with Gasteiger partial charge >= 0.3 is 5.97 Å². The van der Waals surface area contributed by atoms with Gasteiger partial charge in [-0.05, 0) is 12.1 Å². The molecule has 0 aliphatic rings. The van der Waals surface area contributed by atoms with E-state index in [0.29, 0.717) is 0 Å². The van der Waals surface area contributed by atoms with E-state index >= 15 is 0 Å². The highest BCUT2D eigenvalue weighted by Crippen LogP contribution is 2.20. The number of halogens is 2. The number of hydrogen-bond donors (Lipinski definition) is 1. The summed E-state index contributed by atoms with van der Waals surface area (Å²) < 4.78 is 13.1. The molecule has 0 amide bonds. The molecular formula is C10H8ClFO2. The summed E-state index contributed by atoms with van der Waals surface area (Å²) in [6.45, 7) is 0. The summed E-state index contributed by atoms with van der Waals surface area (Å²) in [6, 6.07) is 4.31. The first-order chi connectivity index (χ1) is 6.61. The lowest BCUT2D eigenvalue weighted by Crippen LogP contribution is -1.90. The Morgan fingerprint density at radius 2 is 2.29 bits per heavy atom. The van der Waals surface area contributed by atoms with E-state index in [1.807, 2.05) is 0 Å². The minimum atomic E-state index is -0.964. The lowest BCUT2D eigenvalue weighted by Gasteiger charge is -1.98. The highest BCUT2D eigenvalue weighted by molar-refractivity contribution is 6.32. The summed E-state index contributed by atoms with van der Waals surface area (Å²) in [5.74, 6) is -1.42. The number of aliphatic carboxylic acids is 1. The fourth-order valence-electron chi connectivity index (χ4n) is 0.948. The lowest BCUT2D eigenvalue weighted by molar-refractivity contribution is -0.135. The van der Waals surface area contributed by atoms with Crippen LogP contribution in [0.15, 0.2) is 24.3 Å². The van der Waals surface area contributed by atoms with Crippen molar-refractivity contribution in [1.82, 2.24) is 0 Å². The predicted molar refractivity (Wildman–Crippen MR) is 52.7 cm³/mol. The molecule has 0 spiro atoms. The van der Waals surface area contributed by atoms with Crippen LogP contribution in [0.4, 0.5) is 4.39 Å². The van der Waals surface area contributed by atoms with Crippen LogP contribution in [0.5, 0.6) is 0 Å². The molecule has 0 aliphatic heterocycles. The van der Waals surface area contributed by atoms with Gasteiger partial charge in [-0.1, -0.05) is 29.8 Å². The second kappa shape index (κ2) is 4.77. The molecule has 1 rings (SSSR count). The van der Waals surface area contributed by atoms with E-state index in [0.717, 1.165) is 0 Å². The quantitative estimate of drug-likeness (QED) is 0.840. The molecule has 14 heavy (non-hydrogen) atoms. The maximum atomic E-state index is 13.1. The van der Waals surface area contributed by atoms with E-state index in [4.69, 9.17) is 16.7 Å². The average Bonchev–Trinajstić information content (AvgIpc) is 2.09. The average molecular weight is 215 g/mol. The second-order valence-corrected chi connectivity index (χ2v) is 3.04. The van der Waals surface area contributed by atoms with Crippen LogP contribution in [0.1, 0.15) is 12.0 Å². The van der Waals surface area contributed by atoms with Crippen molar-refractivity contribution in [2.75, 3.05) is 0 Å². The number of rotatable bonds is 3. The highest BCUT2D eigenvalue weighted by Gasteiger charge is 2.02. The molecule has 1 aromatic rings. The molecule has 0 aromatic heterocycles. The summed E-state index contributed by atoms with van der Waals surface area (Å²) in [6.07, 6.45) is 2.57. The molecule has 0 atom stereocenters. The Morgan fingerprint density at radius 3 is 2.86 bits per heavy atom. The maximum absolute atomic E-state index is 13.1. The molecule has 1 N–H and O–H groups in total. The van der Waals surface area contributed by atoms with E-state index in [2.05, 4.69) is 0 Å². The van der Waals surface area contributed by atoms with Crippen molar-refractivity contribution in [3.63, 3.8) is 0 Å². The zero-order valence-corrected chi connectivity index (χ0v) is 7.96. The molecule has 0 unspecified atom stereocenters. The third-order valence-corrected chi connectivity index (χ3v) is 1.91. The van der Waals surface area contributed by atoms with Crippen molar-refractivity contribution >= 4 is 23.6 Å². The number of hydrogen-bond acceptors (Lipinski definition) is 1. The fourth-order valence-corrected chi connectivity index (χ4v) is 1.17. The van der Waals surface area contributed by atoms with Crippen LogP contribution in [-0.2, 0) is 4.79 Å². The number of carbonyl (C=O) groups is 1. The molecule has 1 aromatic carbocycles. The van der Waals surface area contributed by atoms with Gasteiger partial charge in [0, 0.05) is 5.56 Å². The van der Waals surface area contributed by atoms with Crippen molar-refractivity contribution in [2.24, 2.45) is 0 Å². The van der Waals surface area contributed by atoms with Gasteiger partial charge < -0.3 is 5.11 Å². The molecular weight excluding hydrogens is 207 g/mol. The second-order valence-electron chi connectivity index (χ2n) is 2.64. The Kier molecular flexibility index (Phi) is 3.65. The van der Waals surface area contributed by atoms with Crippen LogP contribution < -0.4 is 0 Å². The third-order valence-electron chi connectivity index (χ3n) is 1.58. The van der Waals surface area contributed by atoms with Gasteiger partial charge in [0.15, 0.2) is 0 Å². The summed E-state index contributed by atoms with van der Waals surface area (Å²) in [5, 5.41) is 8.62. The zero-order chi connectivity index (χ0) is 10.6. The highest BCUT2D eigenvalue weighted by atomic mass is 35.5. The van der Waals surface area contributed by atoms with Gasteiger partial charge in [0.2, 0.25) is 0 Å².